The lowest BCUT2D eigenvalue weighted by Crippen LogP contribution is -2.03. The fraction of sp³-hybridized carbons (Fsp3) is 0.294. The third-order valence-corrected chi connectivity index (χ3v) is 3.29. The molecule has 1 heteroatoms. The minimum atomic E-state index is -0.538. The van der Waals surface area contributed by atoms with Crippen molar-refractivity contribution < 1.29 is 5.11 Å². The van der Waals surface area contributed by atoms with Gasteiger partial charge in [0.2, 0.25) is 0 Å². The molecule has 0 saturated heterocycles. The van der Waals surface area contributed by atoms with Crippen LogP contribution in [-0.4, -0.2) is 5.11 Å². The Hall–Kier alpha value is -1.60. The van der Waals surface area contributed by atoms with E-state index >= 15 is 0 Å². The molecule has 0 aliphatic heterocycles. The Morgan fingerprint density at radius 3 is 2.00 bits per heavy atom. The van der Waals surface area contributed by atoms with Gasteiger partial charge in [-0.1, -0.05) is 53.1 Å². The molecule has 0 saturated carbocycles. The molecule has 0 fully saturated rings. The summed E-state index contributed by atoms with van der Waals surface area (Å²) in [4.78, 5) is 0. The summed E-state index contributed by atoms with van der Waals surface area (Å²) < 4.78 is 0. The van der Waals surface area contributed by atoms with Crippen molar-refractivity contribution in [1.29, 1.82) is 0 Å². The lowest BCUT2D eigenvalue weighted by atomic mass is 9.94. The highest BCUT2D eigenvalue weighted by Gasteiger charge is 2.13. The van der Waals surface area contributed by atoms with Gasteiger partial charge in [-0.05, 0) is 44.4 Å². The lowest BCUT2D eigenvalue weighted by molar-refractivity contribution is 0.219. The van der Waals surface area contributed by atoms with E-state index in [0.29, 0.717) is 0 Å². The Balaban J connectivity index is 2.47. The van der Waals surface area contributed by atoms with Crippen molar-refractivity contribution in [2.45, 2.75) is 33.8 Å². The first kappa shape index (κ1) is 12.8. The Labute approximate surface area is 109 Å². The monoisotopic (exact) mass is 240 g/mol. The minimum absolute atomic E-state index is 0.538. The van der Waals surface area contributed by atoms with Crippen molar-refractivity contribution in [2.75, 3.05) is 0 Å². The molecule has 2 aromatic carbocycles. The standard InChI is InChI=1S/C17H20O/c1-11-5-6-14(4)16(10-11)17(18)15-8-12(2)7-13(3)9-15/h5-10,17-18H,1-4H3. The van der Waals surface area contributed by atoms with Gasteiger partial charge in [0.15, 0.2) is 0 Å². The van der Waals surface area contributed by atoms with E-state index in [2.05, 4.69) is 57.2 Å². The van der Waals surface area contributed by atoms with E-state index in [4.69, 9.17) is 0 Å². The van der Waals surface area contributed by atoms with Crippen LogP contribution in [0.25, 0.3) is 0 Å². The number of aliphatic hydroxyl groups is 1. The molecule has 0 aliphatic carbocycles. The van der Waals surface area contributed by atoms with Gasteiger partial charge < -0.3 is 5.11 Å². The summed E-state index contributed by atoms with van der Waals surface area (Å²) in [6.45, 7) is 8.22. The highest BCUT2D eigenvalue weighted by Crippen LogP contribution is 2.27. The molecule has 1 nitrogen and oxygen atoms in total. The molecule has 1 atom stereocenters. The van der Waals surface area contributed by atoms with Gasteiger partial charge in [0.25, 0.3) is 0 Å². The van der Waals surface area contributed by atoms with Gasteiger partial charge in [0.1, 0.15) is 6.10 Å². The topological polar surface area (TPSA) is 20.2 Å². The first-order valence-corrected chi connectivity index (χ1v) is 6.31. The van der Waals surface area contributed by atoms with E-state index in [1.807, 2.05) is 6.92 Å². The van der Waals surface area contributed by atoms with Crippen LogP contribution in [0.4, 0.5) is 0 Å². The number of rotatable bonds is 2. The number of aliphatic hydroxyl groups excluding tert-OH is 1. The quantitative estimate of drug-likeness (QED) is 0.841. The zero-order chi connectivity index (χ0) is 13.3. The fourth-order valence-corrected chi connectivity index (χ4v) is 2.40. The third kappa shape index (κ3) is 2.62. The number of benzene rings is 2. The Morgan fingerprint density at radius 1 is 0.778 bits per heavy atom. The molecule has 2 aromatic rings. The first-order chi connectivity index (χ1) is 8.47. The maximum absolute atomic E-state index is 10.5. The minimum Gasteiger partial charge on any atom is -0.384 e. The molecular weight excluding hydrogens is 220 g/mol. The molecule has 1 unspecified atom stereocenters. The highest BCUT2D eigenvalue weighted by atomic mass is 16.3. The molecule has 18 heavy (non-hydrogen) atoms. The molecule has 94 valence electrons. The summed E-state index contributed by atoms with van der Waals surface area (Å²) in [7, 11) is 0. The van der Waals surface area contributed by atoms with Crippen molar-refractivity contribution in [2.24, 2.45) is 0 Å². The zero-order valence-electron chi connectivity index (χ0n) is 11.5. The van der Waals surface area contributed by atoms with Crippen LogP contribution in [-0.2, 0) is 0 Å². The van der Waals surface area contributed by atoms with E-state index in [0.717, 1.165) is 16.7 Å². The van der Waals surface area contributed by atoms with Gasteiger partial charge in [-0.3, -0.25) is 0 Å². The summed E-state index contributed by atoms with van der Waals surface area (Å²) in [6.07, 6.45) is -0.538. The maximum Gasteiger partial charge on any atom is 0.104 e. The van der Waals surface area contributed by atoms with E-state index in [-0.39, 0.29) is 0 Å². The number of hydrogen-bond acceptors (Lipinski definition) is 1. The van der Waals surface area contributed by atoms with Crippen LogP contribution in [0.3, 0.4) is 0 Å². The van der Waals surface area contributed by atoms with Crippen molar-refractivity contribution in [3.05, 3.63) is 69.8 Å². The second-order valence-corrected chi connectivity index (χ2v) is 5.18. The van der Waals surface area contributed by atoms with Gasteiger partial charge in [0, 0.05) is 0 Å². The highest BCUT2D eigenvalue weighted by molar-refractivity contribution is 5.40. The SMILES string of the molecule is Cc1cc(C)cc(C(O)c2cc(C)ccc2C)c1. The normalized spacial score (nSPS) is 12.5. The average molecular weight is 240 g/mol. The van der Waals surface area contributed by atoms with Gasteiger partial charge in [-0.2, -0.15) is 0 Å². The average Bonchev–Trinajstić information content (AvgIpc) is 2.30. The first-order valence-electron chi connectivity index (χ1n) is 6.31. The Bertz CT molecular complexity index is 550. The van der Waals surface area contributed by atoms with Gasteiger partial charge in [0.05, 0.1) is 0 Å². The molecule has 1 N–H and O–H groups in total. The Kier molecular flexibility index (Phi) is 3.53. The second kappa shape index (κ2) is 4.95. The predicted octanol–water partition coefficient (Wildman–Crippen LogP) is 4.00. The summed E-state index contributed by atoms with van der Waals surface area (Å²) in [5.74, 6) is 0. The van der Waals surface area contributed by atoms with Crippen molar-refractivity contribution in [3.63, 3.8) is 0 Å². The smallest absolute Gasteiger partial charge is 0.104 e. The van der Waals surface area contributed by atoms with E-state index in [9.17, 15) is 5.11 Å². The van der Waals surface area contributed by atoms with Crippen LogP contribution in [0.15, 0.2) is 36.4 Å². The second-order valence-electron chi connectivity index (χ2n) is 5.18. The molecule has 0 spiro atoms. The van der Waals surface area contributed by atoms with Crippen molar-refractivity contribution in [3.8, 4) is 0 Å². The summed E-state index contributed by atoms with van der Waals surface area (Å²) in [5.41, 5.74) is 6.66. The van der Waals surface area contributed by atoms with Gasteiger partial charge >= 0.3 is 0 Å². The van der Waals surface area contributed by atoms with Crippen LogP contribution in [0.5, 0.6) is 0 Å². The molecule has 2 rings (SSSR count). The van der Waals surface area contributed by atoms with E-state index in [1.165, 1.54) is 16.7 Å². The largest absolute Gasteiger partial charge is 0.384 e. The number of aryl methyl sites for hydroxylation is 4. The summed E-state index contributed by atoms with van der Waals surface area (Å²) in [6, 6.07) is 12.4. The molecule has 0 radical (unpaired) electrons. The molecular formula is C17H20O. The predicted molar refractivity (Wildman–Crippen MR) is 75.9 cm³/mol. The summed E-state index contributed by atoms with van der Waals surface area (Å²) in [5, 5.41) is 10.5. The number of hydrogen-bond donors (Lipinski definition) is 1. The molecule has 0 aliphatic rings. The van der Waals surface area contributed by atoms with Crippen molar-refractivity contribution in [1.82, 2.24) is 0 Å². The molecule has 0 aromatic heterocycles. The summed E-state index contributed by atoms with van der Waals surface area (Å²) >= 11 is 0. The third-order valence-electron chi connectivity index (χ3n) is 3.29. The van der Waals surface area contributed by atoms with Gasteiger partial charge in [-0.15, -0.1) is 0 Å². The van der Waals surface area contributed by atoms with Crippen LogP contribution in [0, 0.1) is 27.7 Å². The fourth-order valence-electron chi connectivity index (χ4n) is 2.40. The van der Waals surface area contributed by atoms with Crippen molar-refractivity contribution >= 4 is 0 Å². The molecule has 0 amide bonds. The Morgan fingerprint density at radius 2 is 1.39 bits per heavy atom. The van der Waals surface area contributed by atoms with Gasteiger partial charge in [-0.25, -0.2) is 0 Å². The maximum atomic E-state index is 10.5. The van der Waals surface area contributed by atoms with E-state index < -0.39 is 6.10 Å². The molecule has 0 bridgehead atoms. The van der Waals surface area contributed by atoms with Crippen LogP contribution in [0.1, 0.15) is 39.5 Å². The van der Waals surface area contributed by atoms with E-state index in [1.54, 1.807) is 0 Å². The molecule has 0 heterocycles. The van der Waals surface area contributed by atoms with Crippen LogP contribution in [0.2, 0.25) is 0 Å². The van der Waals surface area contributed by atoms with Crippen LogP contribution < -0.4 is 0 Å². The lowest BCUT2D eigenvalue weighted by Gasteiger charge is -2.16. The van der Waals surface area contributed by atoms with Crippen LogP contribution >= 0.6 is 0 Å². The zero-order valence-corrected chi connectivity index (χ0v) is 11.5.